The van der Waals surface area contributed by atoms with Gasteiger partial charge in [-0.3, -0.25) is 9.69 Å². The van der Waals surface area contributed by atoms with Crippen molar-refractivity contribution in [3.63, 3.8) is 0 Å². The Balaban J connectivity index is 2.67. The fourth-order valence-corrected chi connectivity index (χ4v) is 1.76. The van der Waals surface area contributed by atoms with E-state index in [1.165, 1.54) is 0 Å². The van der Waals surface area contributed by atoms with Crippen LogP contribution >= 0.6 is 15.9 Å². The summed E-state index contributed by atoms with van der Waals surface area (Å²) >= 11 is 3.36. The highest BCUT2D eigenvalue weighted by Crippen LogP contribution is 2.20. The number of amides is 1. The van der Waals surface area contributed by atoms with Crippen molar-refractivity contribution in [1.82, 2.24) is 10.2 Å². The zero-order chi connectivity index (χ0) is 12.8. The van der Waals surface area contributed by atoms with Gasteiger partial charge in [-0.1, -0.05) is 13.0 Å². The fourth-order valence-electron chi connectivity index (χ4n) is 1.51. The largest absolute Gasteiger partial charge is 0.398 e. The molecule has 4 nitrogen and oxygen atoms in total. The Hall–Kier alpha value is -1.07. The van der Waals surface area contributed by atoms with Crippen LogP contribution in [0.3, 0.4) is 0 Å². The minimum atomic E-state index is 0.0249. The zero-order valence-corrected chi connectivity index (χ0v) is 11.8. The average molecular weight is 300 g/mol. The molecule has 5 heteroatoms. The van der Waals surface area contributed by atoms with Crippen molar-refractivity contribution in [1.29, 1.82) is 0 Å². The lowest BCUT2D eigenvalue weighted by Crippen LogP contribution is -2.35. The van der Waals surface area contributed by atoms with E-state index in [9.17, 15) is 4.79 Å². The van der Waals surface area contributed by atoms with Crippen molar-refractivity contribution in [2.75, 3.05) is 25.9 Å². The second-order valence-electron chi connectivity index (χ2n) is 3.83. The van der Waals surface area contributed by atoms with Crippen LogP contribution in [0, 0.1) is 0 Å². The molecular weight excluding hydrogens is 282 g/mol. The molecule has 0 aromatic heterocycles. The van der Waals surface area contributed by atoms with E-state index in [2.05, 4.69) is 26.1 Å². The standard InChI is InChI=1S/C12H18BrN3O/c1-3-16(8-12(17)15-2)7-9-4-5-10(13)11(14)6-9/h4-6H,3,7-8,14H2,1-2H3,(H,15,17). The molecule has 0 radical (unpaired) electrons. The van der Waals surface area contributed by atoms with E-state index in [0.29, 0.717) is 6.54 Å². The number of rotatable bonds is 5. The van der Waals surface area contributed by atoms with Gasteiger partial charge in [0.2, 0.25) is 5.91 Å². The predicted octanol–water partition coefficient (Wildman–Crippen LogP) is 1.60. The fraction of sp³-hybridized carbons (Fsp3) is 0.417. The van der Waals surface area contributed by atoms with Crippen LogP contribution in [-0.4, -0.2) is 30.9 Å². The molecule has 0 saturated heterocycles. The van der Waals surface area contributed by atoms with Crippen molar-refractivity contribution in [2.24, 2.45) is 0 Å². The normalized spacial score (nSPS) is 10.6. The molecule has 0 spiro atoms. The molecule has 17 heavy (non-hydrogen) atoms. The van der Waals surface area contributed by atoms with Crippen LogP contribution in [0.1, 0.15) is 12.5 Å². The van der Waals surface area contributed by atoms with E-state index in [4.69, 9.17) is 5.73 Å². The van der Waals surface area contributed by atoms with Gasteiger partial charge in [0.25, 0.3) is 0 Å². The number of hydrogen-bond acceptors (Lipinski definition) is 3. The second-order valence-corrected chi connectivity index (χ2v) is 4.69. The Morgan fingerprint density at radius 2 is 2.24 bits per heavy atom. The van der Waals surface area contributed by atoms with E-state index in [1.54, 1.807) is 7.05 Å². The van der Waals surface area contributed by atoms with E-state index in [1.807, 2.05) is 25.1 Å². The maximum Gasteiger partial charge on any atom is 0.233 e. The Morgan fingerprint density at radius 3 is 2.76 bits per heavy atom. The van der Waals surface area contributed by atoms with E-state index >= 15 is 0 Å². The van der Waals surface area contributed by atoms with Crippen molar-refractivity contribution in [2.45, 2.75) is 13.5 Å². The van der Waals surface area contributed by atoms with Crippen LogP contribution in [0.15, 0.2) is 22.7 Å². The summed E-state index contributed by atoms with van der Waals surface area (Å²) in [6, 6.07) is 5.86. The van der Waals surface area contributed by atoms with Crippen LogP contribution < -0.4 is 11.1 Å². The van der Waals surface area contributed by atoms with E-state index in [0.717, 1.165) is 28.8 Å². The molecule has 0 fully saturated rings. The summed E-state index contributed by atoms with van der Waals surface area (Å²) in [6.07, 6.45) is 0. The first kappa shape index (κ1) is 14.0. The molecule has 1 rings (SSSR count). The molecule has 0 saturated carbocycles. The van der Waals surface area contributed by atoms with E-state index in [-0.39, 0.29) is 5.91 Å². The first-order valence-electron chi connectivity index (χ1n) is 5.53. The summed E-state index contributed by atoms with van der Waals surface area (Å²) in [5.74, 6) is 0.0249. The number of carbonyl (C=O) groups is 1. The number of nitrogen functional groups attached to an aromatic ring is 1. The van der Waals surface area contributed by atoms with Gasteiger partial charge in [0.1, 0.15) is 0 Å². The Morgan fingerprint density at radius 1 is 1.53 bits per heavy atom. The van der Waals surface area contributed by atoms with Crippen LogP contribution in [0.2, 0.25) is 0 Å². The number of likely N-dealkylation sites (N-methyl/N-ethyl adjacent to an activating group) is 2. The molecule has 0 atom stereocenters. The zero-order valence-electron chi connectivity index (χ0n) is 10.2. The molecule has 94 valence electrons. The van der Waals surface area contributed by atoms with Gasteiger partial charge in [-0.15, -0.1) is 0 Å². The van der Waals surface area contributed by atoms with Gasteiger partial charge in [-0.05, 0) is 40.2 Å². The number of nitrogens with two attached hydrogens (primary N) is 1. The highest BCUT2D eigenvalue weighted by atomic mass is 79.9. The second kappa shape index (κ2) is 6.61. The van der Waals surface area contributed by atoms with Crippen molar-refractivity contribution >= 4 is 27.5 Å². The van der Waals surface area contributed by atoms with Gasteiger partial charge in [-0.25, -0.2) is 0 Å². The molecule has 0 unspecified atom stereocenters. The first-order chi connectivity index (χ1) is 8.06. The van der Waals surface area contributed by atoms with Gasteiger partial charge >= 0.3 is 0 Å². The smallest absolute Gasteiger partial charge is 0.233 e. The van der Waals surface area contributed by atoms with Crippen molar-refractivity contribution in [3.8, 4) is 0 Å². The van der Waals surface area contributed by atoms with Gasteiger partial charge in [0, 0.05) is 23.8 Å². The molecular formula is C12H18BrN3O. The monoisotopic (exact) mass is 299 g/mol. The molecule has 0 heterocycles. The highest BCUT2D eigenvalue weighted by Gasteiger charge is 2.08. The number of benzene rings is 1. The van der Waals surface area contributed by atoms with Crippen molar-refractivity contribution < 1.29 is 4.79 Å². The topological polar surface area (TPSA) is 58.4 Å². The lowest BCUT2D eigenvalue weighted by atomic mass is 10.2. The first-order valence-corrected chi connectivity index (χ1v) is 6.33. The predicted molar refractivity (Wildman–Crippen MR) is 73.6 cm³/mol. The summed E-state index contributed by atoms with van der Waals surface area (Å²) in [5.41, 5.74) is 7.65. The van der Waals surface area contributed by atoms with Gasteiger partial charge in [0.15, 0.2) is 0 Å². The molecule has 0 bridgehead atoms. The van der Waals surface area contributed by atoms with E-state index < -0.39 is 0 Å². The van der Waals surface area contributed by atoms with Crippen LogP contribution in [0.25, 0.3) is 0 Å². The number of halogens is 1. The van der Waals surface area contributed by atoms with Crippen LogP contribution in [0.5, 0.6) is 0 Å². The lowest BCUT2D eigenvalue weighted by Gasteiger charge is -2.19. The number of nitrogens with one attached hydrogen (secondary N) is 1. The SMILES string of the molecule is CCN(CC(=O)NC)Cc1ccc(Br)c(N)c1. The van der Waals surface area contributed by atoms with Gasteiger partial charge in [0.05, 0.1) is 6.54 Å². The van der Waals surface area contributed by atoms with Gasteiger partial charge < -0.3 is 11.1 Å². The number of anilines is 1. The summed E-state index contributed by atoms with van der Waals surface area (Å²) in [4.78, 5) is 13.4. The van der Waals surface area contributed by atoms with Crippen LogP contribution in [-0.2, 0) is 11.3 Å². The quantitative estimate of drug-likeness (QED) is 0.812. The third-order valence-electron chi connectivity index (χ3n) is 2.56. The number of hydrogen-bond donors (Lipinski definition) is 2. The third kappa shape index (κ3) is 4.36. The van der Waals surface area contributed by atoms with Crippen LogP contribution in [0.4, 0.5) is 5.69 Å². The minimum absolute atomic E-state index is 0.0249. The Bertz CT molecular complexity index is 395. The van der Waals surface area contributed by atoms with Gasteiger partial charge in [-0.2, -0.15) is 0 Å². The highest BCUT2D eigenvalue weighted by molar-refractivity contribution is 9.10. The Labute approximate surface area is 110 Å². The molecule has 3 N–H and O–H groups in total. The van der Waals surface area contributed by atoms with Crippen molar-refractivity contribution in [3.05, 3.63) is 28.2 Å². The molecule has 0 aliphatic rings. The maximum atomic E-state index is 11.3. The summed E-state index contributed by atoms with van der Waals surface area (Å²) in [5, 5.41) is 2.62. The number of nitrogens with zero attached hydrogens (tertiary/aromatic N) is 1. The molecule has 0 aliphatic carbocycles. The average Bonchev–Trinajstić information content (AvgIpc) is 2.32. The molecule has 1 aromatic rings. The third-order valence-corrected chi connectivity index (χ3v) is 3.28. The molecule has 0 aliphatic heterocycles. The summed E-state index contributed by atoms with van der Waals surface area (Å²) in [6.45, 7) is 3.99. The lowest BCUT2D eigenvalue weighted by molar-refractivity contribution is -0.121. The number of carbonyl (C=O) groups excluding carboxylic acids is 1. The summed E-state index contributed by atoms with van der Waals surface area (Å²) < 4.78 is 0.899. The minimum Gasteiger partial charge on any atom is -0.398 e. The summed E-state index contributed by atoms with van der Waals surface area (Å²) in [7, 11) is 1.65. The molecule has 1 amide bonds. The Kier molecular flexibility index (Phi) is 5.44. The maximum absolute atomic E-state index is 11.3. The molecule has 1 aromatic carbocycles.